The maximum atomic E-state index is 13.2. The van der Waals surface area contributed by atoms with Crippen molar-refractivity contribution in [1.29, 1.82) is 0 Å². The number of amides is 2. The van der Waals surface area contributed by atoms with E-state index in [1.165, 1.54) is 6.92 Å². The molecule has 1 atom stereocenters. The Kier molecular flexibility index (Phi) is 7.33. The van der Waals surface area contributed by atoms with Gasteiger partial charge in [-0.15, -0.1) is 0 Å². The van der Waals surface area contributed by atoms with Crippen molar-refractivity contribution in [3.05, 3.63) is 52.2 Å². The van der Waals surface area contributed by atoms with E-state index in [2.05, 4.69) is 10.6 Å². The maximum Gasteiger partial charge on any atom is 0.274 e. The number of nitrogens with one attached hydrogen (secondary N) is 2. The van der Waals surface area contributed by atoms with Crippen molar-refractivity contribution in [2.45, 2.75) is 45.1 Å². The first-order valence-electron chi connectivity index (χ1n) is 11.8. The number of benzene rings is 1. The molecule has 4 rings (SSSR count). The molecule has 11 heteroatoms. The third-order valence-corrected chi connectivity index (χ3v) is 6.27. The number of furan rings is 1. The Morgan fingerprint density at radius 1 is 1.17 bits per heavy atom. The van der Waals surface area contributed by atoms with Gasteiger partial charge in [-0.05, 0) is 56.4 Å². The van der Waals surface area contributed by atoms with Gasteiger partial charge < -0.3 is 24.9 Å². The first kappa shape index (κ1) is 24.2. The number of carbonyl (C=O) groups excluding carboxylic acids is 3. The van der Waals surface area contributed by atoms with Crippen LogP contribution in [-0.4, -0.2) is 64.5 Å². The van der Waals surface area contributed by atoms with Gasteiger partial charge in [0.2, 0.25) is 11.8 Å². The number of carbonyl (C=O) groups is 3. The Hall–Kier alpha value is -3.89. The molecule has 2 amide bonds. The number of Topliss-reactive ketones (excluding diaryl/α,β-unsaturated/α-hetero) is 1. The summed E-state index contributed by atoms with van der Waals surface area (Å²) in [4.78, 5) is 51.4. The smallest absolute Gasteiger partial charge is 0.274 e. The van der Waals surface area contributed by atoms with Gasteiger partial charge >= 0.3 is 0 Å². The molecule has 2 aliphatic heterocycles. The summed E-state index contributed by atoms with van der Waals surface area (Å²) in [5.41, 5.74) is 1.04. The van der Waals surface area contributed by atoms with Crippen LogP contribution in [0.4, 0.5) is 5.69 Å². The number of ketones is 1. The van der Waals surface area contributed by atoms with Gasteiger partial charge in [-0.25, -0.2) is 0 Å². The quantitative estimate of drug-likeness (QED) is 0.332. The second-order valence-corrected chi connectivity index (χ2v) is 8.91. The number of nitrogens with zero attached hydrogens (tertiary/aromatic N) is 3. The van der Waals surface area contributed by atoms with Crippen molar-refractivity contribution in [3.8, 4) is 0 Å². The predicted octanol–water partition coefficient (Wildman–Crippen LogP) is 2.72. The standard InChI is InChI=1S/C24H29N5O6/c1-16(30)21-13-17-12-18(7-8-20(17)35-21)25-22(14-29(33)34)26-19-6-2-3-11-28(24(19)32)15-23(31)27-9-4-5-10-27/h7-8,12-14,19,25-26H,2-6,9-11,15H2,1H3/b22-14-. The molecule has 2 aliphatic rings. The average Bonchev–Trinajstić information content (AvgIpc) is 3.46. The van der Waals surface area contributed by atoms with Crippen LogP contribution in [0.2, 0.25) is 0 Å². The molecule has 1 aromatic heterocycles. The Balaban J connectivity index is 1.48. The van der Waals surface area contributed by atoms with Crippen molar-refractivity contribution in [2.24, 2.45) is 0 Å². The van der Waals surface area contributed by atoms with Crippen LogP contribution in [0.5, 0.6) is 0 Å². The minimum atomic E-state index is -0.704. The Bertz CT molecular complexity index is 1170. The summed E-state index contributed by atoms with van der Waals surface area (Å²) >= 11 is 0. The molecular weight excluding hydrogens is 454 g/mol. The molecule has 11 nitrogen and oxygen atoms in total. The van der Waals surface area contributed by atoms with E-state index < -0.39 is 11.0 Å². The molecule has 2 fully saturated rings. The SMILES string of the molecule is CC(=O)c1cc2cc(N/C(=C/[N+](=O)[O-])NC3CCCCN(CC(=O)N4CCCC4)C3=O)ccc2o1. The lowest BCUT2D eigenvalue weighted by Gasteiger charge is -2.27. The highest BCUT2D eigenvalue weighted by Crippen LogP contribution is 2.24. The van der Waals surface area contributed by atoms with Gasteiger partial charge in [0.25, 0.3) is 6.20 Å². The van der Waals surface area contributed by atoms with Crippen LogP contribution in [0.1, 0.15) is 49.6 Å². The molecule has 1 aromatic carbocycles. The maximum absolute atomic E-state index is 13.2. The van der Waals surface area contributed by atoms with E-state index in [-0.39, 0.29) is 35.7 Å². The van der Waals surface area contributed by atoms with Crippen molar-refractivity contribution in [1.82, 2.24) is 15.1 Å². The first-order chi connectivity index (χ1) is 16.8. The molecule has 0 aliphatic carbocycles. The highest BCUT2D eigenvalue weighted by molar-refractivity contribution is 5.96. The van der Waals surface area contributed by atoms with E-state index in [1.54, 1.807) is 34.1 Å². The third kappa shape index (κ3) is 5.97. The fourth-order valence-corrected chi connectivity index (χ4v) is 4.47. The number of fused-ring (bicyclic) bond motifs is 1. The number of rotatable bonds is 8. The van der Waals surface area contributed by atoms with Gasteiger partial charge in [0.15, 0.2) is 17.4 Å². The van der Waals surface area contributed by atoms with Crippen LogP contribution in [0.15, 0.2) is 40.7 Å². The summed E-state index contributed by atoms with van der Waals surface area (Å²) in [7, 11) is 0. The minimum absolute atomic E-state index is 0.0222. The number of likely N-dealkylation sites (tertiary alicyclic amines) is 2. The molecule has 3 heterocycles. The molecule has 35 heavy (non-hydrogen) atoms. The second kappa shape index (κ2) is 10.6. The van der Waals surface area contributed by atoms with Gasteiger partial charge in [0, 0.05) is 37.6 Å². The summed E-state index contributed by atoms with van der Waals surface area (Å²) in [6, 6.07) is 5.94. The molecule has 2 saturated heterocycles. The average molecular weight is 484 g/mol. The summed E-state index contributed by atoms with van der Waals surface area (Å²) in [5.74, 6) is -0.234. The first-order valence-corrected chi connectivity index (χ1v) is 11.8. The van der Waals surface area contributed by atoms with E-state index in [9.17, 15) is 24.5 Å². The number of hydrogen-bond acceptors (Lipinski definition) is 8. The van der Waals surface area contributed by atoms with Gasteiger partial charge in [-0.3, -0.25) is 24.5 Å². The zero-order valence-corrected chi connectivity index (χ0v) is 19.6. The van der Waals surface area contributed by atoms with Crippen LogP contribution in [0.3, 0.4) is 0 Å². The highest BCUT2D eigenvalue weighted by atomic mass is 16.6. The minimum Gasteiger partial charge on any atom is -0.453 e. The fraction of sp³-hybridized carbons (Fsp3) is 0.458. The van der Waals surface area contributed by atoms with Gasteiger partial charge in [-0.2, -0.15) is 0 Å². The van der Waals surface area contributed by atoms with Crippen molar-refractivity contribution in [2.75, 3.05) is 31.5 Å². The number of anilines is 1. The van der Waals surface area contributed by atoms with Crippen LogP contribution in [0.25, 0.3) is 11.0 Å². The molecular formula is C24H29N5O6. The van der Waals surface area contributed by atoms with Gasteiger partial charge in [0.1, 0.15) is 11.6 Å². The molecule has 2 aromatic rings. The Morgan fingerprint density at radius 3 is 2.63 bits per heavy atom. The molecule has 2 N–H and O–H groups in total. The van der Waals surface area contributed by atoms with Crippen molar-refractivity contribution in [3.63, 3.8) is 0 Å². The molecule has 0 bridgehead atoms. The van der Waals surface area contributed by atoms with Crippen LogP contribution >= 0.6 is 0 Å². The van der Waals surface area contributed by atoms with E-state index in [0.29, 0.717) is 29.6 Å². The summed E-state index contributed by atoms with van der Waals surface area (Å²) in [6.45, 7) is 3.35. The fourth-order valence-electron chi connectivity index (χ4n) is 4.47. The Labute approximate surface area is 202 Å². The lowest BCUT2D eigenvalue weighted by molar-refractivity contribution is -0.403. The third-order valence-electron chi connectivity index (χ3n) is 6.27. The summed E-state index contributed by atoms with van der Waals surface area (Å²) in [5, 5.41) is 17.9. The summed E-state index contributed by atoms with van der Waals surface area (Å²) < 4.78 is 5.49. The van der Waals surface area contributed by atoms with Crippen molar-refractivity contribution < 1.29 is 23.7 Å². The molecule has 0 saturated carbocycles. The molecule has 1 unspecified atom stereocenters. The zero-order valence-electron chi connectivity index (χ0n) is 19.6. The number of nitro groups is 1. The van der Waals surface area contributed by atoms with Crippen LogP contribution in [0, 0.1) is 10.1 Å². The lowest BCUT2D eigenvalue weighted by atomic mass is 10.1. The Morgan fingerprint density at radius 2 is 1.91 bits per heavy atom. The van der Waals surface area contributed by atoms with E-state index in [4.69, 9.17) is 4.42 Å². The van der Waals surface area contributed by atoms with Crippen molar-refractivity contribution >= 4 is 34.3 Å². The van der Waals surface area contributed by atoms with E-state index in [0.717, 1.165) is 45.0 Å². The summed E-state index contributed by atoms with van der Waals surface area (Å²) in [6.07, 6.45) is 4.73. The highest BCUT2D eigenvalue weighted by Gasteiger charge is 2.31. The molecule has 0 radical (unpaired) electrons. The molecule has 186 valence electrons. The predicted molar refractivity (Wildman–Crippen MR) is 128 cm³/mol. The number of hydrogen-bond donors (Lipinski definition) is 2. The monoisotopic (exact) mass is 483 g/mol. The normalized spacial score (nSPS) is 19.1. The van der Waals surface area contributed by atoms with E-state index in [1.807, 2.05) is 0 Å². The van der Waals surface area contributed by atoms with Crippen LogP contribution in [-0.2, 0) is 9.59 Å². The second-order valence-electron chi connectivity index (χ2n) is 8.91. The van der Waals surface area contributed by atoms with Crippen LogP contribution < -0.4 is 10.6 Å². The molecule has 0 spiro atoms. The largest absolute Gasteiger partial charge is 0.453 e. The van der Waals surface area contributed by atoms with Gasteiger partial charge in [-0.1, -0.05) is 0 Å². The van der Waals surface area contributed by atoms with Gasteiger partial charge in [0.05, 0.1) is 11.5 Å². The zero-order chi connectivity index (χ0) is 24.9. The topological polar surface area (TPSA) is 138 Å². The lowest BCUT2D eigenvalue weighted by Crippen LogP contribution is -2.49. The van der Waals surface area contributed by atoms with E-state index >= 15 is 0 Å².